The van der Waals surface area contributed by atoms with Gasteiger partial charge in [-0.25, -0.2) is 4.98 Å². The van der Waals surface area contributed by atoms with E-state index in [1.807, 2.05) is 0 Å². The van der Waals surface area contributed by atoms with E-state index in [0.717, 1.165) is 6.08 Å². The number of alkyl halides is 6. The van der Waals surface area contributed by atoms with Gasteiger partial charge >= 0.3 is 19.9 Å². The standard InChI is InChI=1S/C19H12F6N3O3P/c20-18(21,22)13-4-11(5-14(7-13)19(23,24)25)9-28-10-12(6-15(8-26)32(29,30)31)16-2-1-3-27-17(16)28/h1-7,10H,9H2,(H2,29,30,31)/b15-6+. The van der Waals surface area contributed by atoms with Crippen LogP contribution in [0.15, 0.2) is 48.0 Å². The molecule has 0 aliphatic heterocycles. The fourth-order valence-corrected chi connectivity index (χ4v) is 3.46. The normalized spacial score (nSPS) is 13.4. The van der Waals surface area contributed by atoms with Crippen LogP contribution in [0.5, 0.6) is 0 Å². The second-order valence-electron chi connectivity index (χ2n) is 6.69. The van der Waals surface area contributed by atoms with Crippen molar-refractivity contribution in [3.8, 4) is 6.07 Å². The first kappa shape index (κ1) is 23.5. The summed E-state index contributed by atoms with van der Waals surface area (Å²) in [4.78, 5) is 22.6. The van der Waals surface area contributed by atoms with E-state index in [1.54, 1.807) is 0 Å². The number of benzene rings is 1. The Bertz CT molecular complexity index is 1270. The maximum Gasteiger partial charge on any atom is 0.416 e. The maximum atomic E-state index is 13.1. The minimum atomic E-state index is -5.01. The number of nitrogens with zero attached hydrogens (tertiary/aromatic N) is 3. The number of fused-ring (bicyclic) bond motifs is 1. The number of hydrogen-bond donors (Lipinski definition) is 2. The summed E-state index contributed by atoms with van der Waals surface area (Å²) < 4.78 is 91.4. The first-order valence-electron chi connectivity index (χ1n) is 8.60. The zero-order valence-electron chi connectivity index (χ0n) is 15.7. The smallest absolute Gasteiger partial charge is 0.327 e. The highest BCUT2D eigenvalue weighted by atomic mass is 31.2. The third-order valence-electron chi connectivity index (χ3n) is 4.39. The Labute approximate surface area is 176 Å². The zero-order chi connectivity index (χ0) is 23.9. The minimum absolute atomic E-state index is 0.0168. The molecule has 0 fully saturated rings. The Kier molecular flexibility index (Phi) is 5.95. The first-order chi connectivity index (χ1) is 14.7. The molecular weight excluding hydrogens is 463 g/mol. The minimum Gasteiger partial charge on any atom is -0.327 e. The lowest BCUT2D eigenvalue weighted by Crippen LogP contribution is -2.12. The molecule has 0 bridgehead atoms. The van der Waals surface area contributed by atoms with Gasteiger partial charge in [-0.2, -0.15) is 31.6 Å². The van der Waals surface area contributed by atoms with Crippen LogP contribution in [0.1, 0.15) is 22.3 Å². The number of halogens is 6. The van der Waals surface area contributed by atoms with Gasteiger partial charge in [0.2, 0.25) is 0 Å². The van der Waals surface area contributed by atoms with Crippen molar-refractivity contribution in [3.63, 3.8) is 0 Å². The van der Waals surface area contributed by atoms with Gasteiger partial charge in [0.1, 0.15) is 17.0 Å². The topological polar surface area (TPSA) is 99.1 Å². The molecule has 0 unspecified atom stereocenters. The fraction of sp³-hybridized carbons (Fsp3) is 0.158. The van der Waals surface area contributed by atoms with E-state index in [2.05, 4.69) is 4.98 Å². The lowest BCUT2D eigenvalue weighted by molar-refractivity contribution is -0.143. The molecule has 0 atom stereocenters. The number of allylic oxidation sites excluding steroid dienone is 1. The SMILES string of the molecule is N#C/C(=C\c1cn(Cc2cc(C(F)(F)F)cc(C(F)(F)F)c2)c2ncccc12)P(=O)(O)O. The van der Waals surface area contributed by atoms with Crippen LogP contribution in [0, 0.1) is 11.3 Å². The molecule has 0 spiro atoms. The van der Waals surface area contributed by atoms with Crippen LogP contribution in [0.3, 0.4) is 0 Å². The number of hydrogen-bond acceptors (Lipinski definition) is 3. The molecule has 0 saturated heterocycles. The molecule has 168 valence electrons. The summed E-state index contributed by atoms with van der Waals surface area (Å²) in [5, 5.41) is 8.43. The van der Waals surface area contributed by atoms with Gasteiger partial charge in [-0.1, -0.05) is 0 Å². The number of nitriles is 1. The third-order valence-corrected chi connectivity index (χ3v) is 5.24. The number of aromatic nitrogens is 2. The summed E-state index contributed by atoms with van der Waals surface area (Å²) in [5.41, 5.74) is -3.02. The molecule has 0 saturated carbocycles. The lowest BCUT2D eigenvalue weighted by Gasteiger charge is -2.14. The molecule has 2 heterocycles. The fourth-order valence-electron chi connectivity index (χ4n) is 3.02. The highest BCUT2D eigenvalue weighted by Crippen LogP contribution is 2.45. The number of rotatable bonds is 4. The Hall–Kier alpha value is -3.13. The molecule has 13 heteroatoms. The maximum absolute atomic E-state index is 13.1. The van der Waals surface area contributed by atoms with Crippen LogP contribution in [0.2, 0.25) is 0 Å². The van der Waals surface area contributed by atoms with Crippen LogP contribution in [0.4, 0.5) is 26.3 Å². The van der Waals surface area contributed by atoms with Gasteiger partial charge < -0.3 is 14.4 Å². The van der Waals surface area contributed by atoms with Gasteiger partial charge in [0.15, 0.2) is 0 Å². The molecule has 3 rings (SSSR count). The van der Waals surface area contributed by atoms with Crippen molar-refractivity contribution in [1.29, 1.82) is 5.26 Å². The lowest BCUT2D eigenvalue weighted by atomic mass is 10.0. The van der Waals surface area contributed by atoms with Gasteiger partial charge in [0.05, 0.1) is 11.1 Å². The van der Waals surface area contributed by atoms with E-state index in [0.29, 0.717) is 12.1 Å². The highest BCUT2D eigenvalue weighted by Gasteiger charge is 2.37. The van der Waals surface area contributed by atoms with Gasteiger partial charge in [0, 0.05) is 29.9 Å². The van der Waals surface area contributed by atoms with Crippen molar-refractivity contribution in [2.45, 2.75) is 18.9 Å². The Balaban J connectivity index is 2.16. The summed E-state index contributed by atoms with van der Waals surface area (Å²) in [5.74, 6) is 0. The monoisotopic (exact) mass is 475 g/mol. The van der Waals surface area contributed by atoms with E-state index in [1.165, 1.54) is 35.2 Å². The Morgan fingerprint density at radius 1 is 1.12 bits per heavy atom. The van der Waals surface area contributed by atoms with Gasteiger partial charge in [0.25, 0.3) is 0 Å². The average Bonchev–Trinajstić information content (AvgIpc) is 3.01. The predicted molar refractivity (Wildman–Crippen MR) is 101 cm³/mol. The molecule has 2 aromatic heterocycles. The molecule has 3 aromatic rings. The van der Waals surface area contributed by atoms with Crippen molar-refractivity contribution in [2.24, 2.45) is 0 Å². The molecule has 32 heavy (non-hydrogen) atoms. The second kappa shape index (κ2) is 8.09. The Morgan fingerprint density at radius 2 is 1.72 bits per heavy atom. The predicted octanol–water partition coefficient (Wildman–Crippen LogP) is 5.16. The Morgan fingerprint density at radius 3 is 2.22 bits per heavy atom. The molecule has 0 aliphatic rings. The first-order valence-corrected chi connectivity index (χ1v) is 10.2. The molecular formula is C19H12F6N3O3P. The van der Waals surface area contributed by atoms with Crippen molar-refractivity contribution in [2.75, 3.05) is 0 Å². The van der Waals surface area contributed by atoms with Crippen LogP contribution in [-0.4, -0.2) is 19.3 Å². The number of pyridine rings is 1. The molecule has 0 aliphatic carbocycles. The van der Waals surface area contributed by atoms with Crippen LogP contribution >= 0.6 is 7.60 Å². The summed E-state index contributed by atoms with van der Waals surface area (Å²) in [6, 6.07) is 5.51. The zero-order valence-corrected chi connectivity index (χ0v) is 16.6. The molecule has 6 nitrogen and oxygen atoms in total. The van der Waals surface area contributed by atoms with E-state index in [4.69, 9.17) is 5.26 Å². The van der Waals surface area contributed by atoms with Crippen molar-refractivity contribution >= 4 is 24.7 Å². The van der Waals surface area contributed by atoms with E-state index < -0.39 is 42.9 Å². The molecule has 0 amide bonds. The molecule has 1 aromatic carbocycles. The van der Waals surface area contributed by atoms with E-state index >= 15 is 0 Å². The van der Waals surface area contributed by atoms with Crippen LogP contribution < -0.4 is 0 Å². The summed E-state index contributed by atoms with van der Waals surface area (Å²) in [6.07, 6.45) is -6.56. The van der Waals surface area contributed by atoms with E-state index in [9.17, 15) is 40.7 Å². The molecule has 0 radical (unpaired) electrons. The van der Waals surface area contributed by atoms with Gasteiger partial charge in [-0.3, -0.25) is 4.57 Å². The van der Waals surface area contributed by atoms with Gasteiger partial charge in [-0.15, -0.1) is 0 Å². The van der Waals surface area contributed by atoms with E-state index in [-0.39, 0.29) is 28.2 Å². The summed E-state index contributed by atoms with van der Waals surface area (Å²) in [7, 11) is -4.91. The van der Waals surface area contributed by atoms with Crippen molar-refractivity contribution in [1.82, 2.24) is 9.55 Å². The second-order valence-corrected chi connectivity index (χ2v) is 8.26. The van der Waals surface area contributed by atoms with Crippen LogP contribution in [-0.2, 0) is 23.5 Å². The summed E-state index contributed by atoms with van der Waals surface area (Å²) in [6.45, 7) is -0.452. The van der Waals surface area contributed by atoms with Gasteiger partial charge in [-0.05, 0) is 42.0 Å². The highest BCUT2D eigenvalue weighted by molar-refractivity contribution is 7.57. The van der Waals surface area contributed by atoms with Crippen LogP contribution in [0.25, 0.3) is 17.1 Å². The largest absolute Gasteiger partial charge is 0.416 e. The molecule has 2 N–H and O–H groups in total. The van der Waals surface area contributed by atoms with Crippen molar-refractivity contribution < 1.29 is 40.7 Å². The average molecular weight is 475 g/mol. The quantitative estimate of drug-likeness (QED) is 0.309. The van der Waals surface area contributed by atoms with Crippen molar-refractivity contribution in [3.05, 3.63) is 70.3 Å². The summed E-state index contributed by atoms with van der Waals surface area (Å²) >= 11 is 0. The third kappa shape index (κ3) is 5.02.